The van der Waals surface area contributed by atoms with Crippen LogP contribution in [0.2, 0.25) is 0 Å². The molecule has 1 N–H and O–H groups in total. The smallest absolute Gasteiger partial charge is 0.234 e. The molecular formula is C23H22N2O5. The Balaban J connectivity index is 1.41. The summed E-state index contributed by atoms with van der Waals surface area (Å²) >= 11 is 0. The first-order chi connectivity index (χ1) is 14.6. The summed E-state index contributed by atoms with van der Waals surface area (Å²) in [5.41, 5.74) is 0.631. The summed E-state index contributed by atoms with van der Waals surface area (Å²) in [6.45, 7) is 0.410. The monoisotopic (exact) mass is 406 g/mol. The summed E-state index contributed by atoms with van der Waals surface area (Å²) in [6.07, 6.45) is 3.44. The quantitative estimate of drug-likeness (QED) is 0.773. The van der Waals surface area contributed by atoms with Crippen molar-refractivity contribution in [2.75, 3.05) is 31.0 Å². The highest BCUT2D eigenvalue weighted by Gasteiger charge is 2.67. The van der Waals surface area contributed by atoms with E-state index in [2.05, 4.69) is 5.32 Å². The highest BCUT2D eigenvalue weighted by atomic mass is 16.5. The van der Waals surface area contributed by atoms with E-state index >= 15 is 0 Å². The van der Waals surface area contributed by atoms with Crippen LogP contribution in [0, 0.1) is 11.8 Å². The third-order valence-electron chi connectivity index (χ3n) is 6.12. The van der Waals surface area contributed by atoms with E-state index in [-0.39, 0.29) is 11.8 Å². The molecule has 2 amide bonds. The molecule has 0 saturated carbocycles. The van der Waals surface area contributed by atoms with Crippen molar-refractivity contribution in [2.24, 2.45) is 11.8 Å². The van der Waals surface area contributed by atoms with Crippen LogP contribution in [-0.2, 0) is 14.3 Å². The van der Waals surface area contributed by atoms with Crippen LogP contribution < -0.4 is 19.7 Å². The first-order valence-corrected chi connectivity index (χ1v) is 9.83. The van der Waals surface area contributed by atoms with Gasteiger partial charge in [-0.25, -0.2) is 0 Å². The van der Waals surface area contributed by atoms with Gasteiger partial charge in [-0.2, -0.15) is 0 Å². The molecule has 4 atom stereocenters. The Bertz CT molecular complexity index is 1040. The number of methoxy groups -OCH3 is 2. The Labute approximate surface area is 174 Å². The fourth-order valence-corrected chi connectivity index (χ4v) is 4.76. The predicted molar refractivity (Wildman–Crippen MR) is 111 cm³/mol. The molecule has 2 saturated heterocycles. The molecule has 3 aliphatic heterocycles. The molecule has 0 unspecified atom stereocenters. The van der Waals surface area contributed by atoms with Gasteiger partial charge in [0.05, 0.1) is 38.7 Å². The minimum absolute atomic E-state index is 0.0829. The lowest BCUT2D eigenvalue weighted by Crippen LogP contribution is -2.41. The van der Waals surface area contributed by atoms with Gasteiger partial charge < -0.3 is 24.4 Å². The van der Waals surface area contributed by atoms with E-state index < -0.39 is 23.5 Å². The van der Waals surface area contributed by atoms with Crippen LogP contribution in [0.5, 0.6) is 11.5 Å². The summed E-state index contributed by atoms with van der Waals surface area (Å²) in [5, 5.41) is 2.92. The zero-order chi connectivity index (χ0) is 20.9. The van der Waals surface area contributed by atoms with Gasteiger partial charge >= 0.3 is 0 Å². The number of carbonyl (C=O) groups excluding carboxylic acids is 2. The lowest BCUT2D eigenvalue weighted by molar-refractivity contribution is -0.128. The topological polar surface area (TPSA) is 77.1 Å². The van der Waals surface area contributed by atoms with Crippen molar-refractivity contribution in [3.63, 3.8) is 0 Å². The largest absolute Gasteiger partial charge is 0.493 e. The van der Waals surface area contributed by atoms with Crippen molar-refractivity contribution >= 4 is 23.2 Å². The summed E-state index contributed by atoms with van der Waals surface area (Å²) in [4.78, 5) is 28.3. The van der Waals surface area contributed by atoms with E-state index in [0.717, 1.165) is 5.69 Å². The zero-order valence-corrected chi connectivity index (χ0v) is 16.7. The normalized spacial score (nSPS) is 28.5. The first-order valence-electron chi connectivity index (χ1n) is 9.83. The van der Waals surface area contributed by atoms with Crippen LogP contribution in [0.4, 0.5) is 11.4 Å². The molecule has 2 aromatic rings. The number of carbonyl (C=O) groups is 2. The van der Waals surface area contributed by atoms with Gasteiger partial charge in [-0.3, -0.25) is 9.59 Å². The lowest BCUT2D eigenvalue weighted by atomic mass is 9.77. The molecule has 2 fully saturated rings. The van der Waals surface area contributed by atoms with Crippen molar-refractivity contribution in [1.29, 1.82) is 0 Å². The molecule has 2 aromatic carbocycles. The summed E-state index contributed by atoms with van der Waals surface area (Å²) in [5.74, 6) is -0.377. The summed E-state index contributed by atoms with van der Waals surface area (Å²) < 4.78 is 16.7. The Kier molecular flexibility index (Phi) is 4.29. The van der Waals surface area contributed by atoms with E-state index in [1.807, 2.05) is 42.5 Å². The second-order valence-corrected chi connectivity index (χ2v) is 7.72. The molecule has 30 heavy (non-hydrogen) atoms. The standard InChI is InChI=1S/C23H22N2O5/c1-28-16-9-8-14(12-18(16)29-2)24-21(26)19-17-10-11-23(30-17)13-25(22(27)20(19)23)15-6-4-3-5-7-15/h3-12,17,19-20H,13H2,1-2H3,(H,24,26)/t17-,19+,20+,23-/m0/s1. The van der Waals surface area contributed by atoms with Crippen LogP contribution >= 0.6 is 0 Å². The number of nitrogens with one attached hydrogen (secondary N) is 1. The maximum Gasteiger partial charge on any atom is 0.234 e. The average molecular weight is 406 g/mol. The van der Waals surface area contributed by atoms with Crippen LogP contribution in [0.1, 0.15) is 0 Å². The third-order valence-corrected chi connectivity index (χ3v) is 6.12. The molecule has 0 radical (unpaired) electrons. The Hall–Kier alpha value is -3.32. The van der Waals surface area contributed by atoms with Gasteiger partial charge in [-0.15, -0.1) is 0 Å². The minimum Gasteiger partial charge on any atom is -0.493 e. The second kappa shape index (κ2) is 6.88. The maximum atomic E-state index is 13.3. The van der Waals surface area contributed by atoms with Crippen molar-refractivity contribution in [3.05, 3.63) is 60.7 Å². The number of ether oxygens (including phenoxy) is 3. The Morgan fingerprint density at radius 1 is 1.13 bits per heavy atom. The number of benzene rings is 2. The summed E-state index contributed by atoms with van der Waals surface area (Å²) in [7, 11) is 3.09. The van der Waals surface area contributed by atoms with Crippen LogP contribution in [0.25, 0.3) is 0 Å². The number of amides is 2. The average Bonchev–Trinajstić information content (AvgIpc) is 3.42. The fourth-order valence-electron chi connectivity index (χ4n) is 4.76. The number of hydrogen-bond donors (Lipinski definition) is 1. The number of hydrogen-bond acceptors (Lipinski definition) is 5. The second-order valence-electron chi connectivity index (χ2n) is 7.72. The number of anilines is 2. The predicted octanol–water partition coefficient (Wildman–Crippen LogP) is 2.63. The molecule has 5 rings (SSSR count). The molecule has 1 spiro atoms. The maximum absolute atomic E-state index is 13.3. The Morgan fingerprint density at radius 2 is 1.90 bits per heavy atom. The van der Waals surface area contributed by atoms with Gasteiger partial charge in [0.2, 0.25) is 11.8 Å². The van der Waals surface area contributed by atoms with Crippen LogP contribution in [-0.4, -0.2) is 44.3 Å². The first kappa shape index (κ1) is 18.7. The number of fused-ring (bicyclic) bond motifs is 1. The van der Waals surface area contributed by atoms with E-state index in [0.29, 0.717) is 23.7 Å². The molecule has 2 bridgehead atoms. The molecule has 3 heterocycles. The SMILES string of the molecule is COc1ccc(NC(=O)[C@@H]2[C@@H]3C=C[C@@]4(CN(c5ccccc5)C(=O)[C@@H]24)O3)cc1OC. The van der Waals surface area contributed by atoms with E-state index in [4.69, 9.17) is 14.2 Å². The van der Waals surface area contributed by atoms with Gasteiger partial charge in [0.25, 0.3) is 0 Å². The van der Waals surface area contributed by atoms with Gasteiger partial charge in [-0.1, -0.05) is 30.4 Å². The van der Waals surface area contributed by atoms with Gasteiger partial charge in [0.15, 0.2) is 11.5 Å². The van der Waals surface area contributed by atoms with E-state index in [1.54, 1.807) is 30.2 Å². The molecule has 3 aliphatic rings. The fraction of sp³-hybridized carbons (Fsp3) is 0.304. The van der Waals surface area contributed by atoms with E-state index in [1.165, 1.54) is 7.11 Å². The highest BCUT2D eigenvalue weighted by Crippen LogP contribution is 2.52. The summed E-state index contributed by atoms with van der Waals surface area (Å²) in [6, 6.07) is 14.6. The van der Waals surface area contributed by atoms with Crippen LogP contribution in [0.15, 0.2) is 60.7 Å². The highest BCUT2D eigenvalue weighted by molar-refractivity contribution is 6.05. The third kappa shape index (κ3) is 2.69. The number of rotatable bonds is 5. The zero-order valence-electron chi connectivity index (χ0n) is 16.7. The van der Waals surface area contributed by atoms with E-state index in [9.17, 15) is 9.59 Å². The molecular weight excluding hydrogens is 384 g/mol. The van der Waals surface area contributed by atoms with Crippen molar-refractivity contribution in [2.45, 2.75) is 11.7 Å². The minimum atomic E-state index is -0.753. The van der Waals surface area contributed by atoms with Gasteiger partial charge in [0, 0.05) is 17.4 Å². The number of para-hydroxylation sites is 1. The molecule has 7 nitrogen and oxygen atoms in total. The van der Waals surface area contributed by atoms with Crippen LogP contribution in [0.3, 0.4) is 0 Å². The van der Waals surface area contributed by atoms with Gasteiger partial charge in [-0.05, 0) is 24.3 Å². The molecule has 7 heteroatoms. The number of nitrogens with zero attached hydrogens (tertiary/aromatic N) is 1. The molecule has 154 valence electrons. The van der Waals surface area contributed by atoms with Crippen molar-refractivity contribution < 1.29 is 23.8 Å². The molecule has 0 aromatic heterocycles. The molecule has 0 aliphatic carbocycles. The van der Waals surface area contributed by atoms with Gasteiger partial charge in [0.1, 0.15) is 5.60 Å². The Morgan fingerprint density at radius 3 is 2.63 bits per heavy atom. The lowest BCUT2D eigenvalue weighted by Gasteiger charge is -2.23. The van der Waals surface area contributed by atoms with Crippen molar-refractivity contribution in [1.82, 2.24) is 0 Å². The van der Waals surface area contributed by atoms with Crippen molar-refractivity contribution in [3.8, 4) is 11.5 Å².